The van der Waals surface area contributed by atoms with Gasteiger partial charge in [0.2, 0.25) is 0 Å². The summed E-state index contributed by atoms with van der Waals surface area (Å²) >= 11 is 0. The Morgan fingerprint density at radius 3 is 2.47 bits per heavy atom. The second-order valence-corrected chi connectivity index (χ2v) is 5.82. The van der Waals surface area contributed by atoms with E-state index in [0.717, 1.165) is 25.6 Å². The summed E-state index contributed by atoms with van der Waals surface area (Å²) in [5.74, 6) is 0.680. The molecule has 0 aromatic rings. The summed E-state index contributed by atoms with van der Waals surface area (Å²) in [6.07, 6.45) is 3.84. The molecule has 1 N–H and O–H groups in total. The minimum Gasteiger partial charge on any atom is -0.382 e. The molecule has 1 aliphatic rings. The molecule has 0 aromatic carbocycles. The smallest absolute Gasteiger partial charge is 0.0700 e. The van der Waals surface area contributed by atoms with Crippen molar-refractivity contribution in [1.29, 1.82) is 0 Å². The first kappa shape index (κ1) is 14.9. The summed E-state index contributed by atoms with van der Waals surface area (Å²) < 4.78 is 10.6. The zero-order valence-corrected chi connectivity index (χ0v) is 11.9. The summed E-state index contributed by atoms with van der Waals surface area (Å²) in [5.41, 5.74) is 0.343. The molecule has 0 aliphatic heterocycles. The summed E-state index contributed by atoms with van der Waals surface area (Å²) in [7, 11) is 1.71. The average molecular weight is 243 g/mol. The van der Waals surface area contributed by atoms with Crippen molar-refractivity contribution in [2.24, 2.45) is 11.3 Å². The van der Waals surface area contributed by atoms with Gasteiger partial charge in [-0.2, -0.15) is 0 Å². The molecule has 3 heteroatoms. The van der Waals surface area contributed by atoms with Crippen molar-refractivity contribution in [3.8, 4) is 0 Å². The first-order valence-corrected chi connectivity index (χ1v) is 6.88. The zero-order valence-electron chi connectivity index (χ0n) is 11.9. The van der Waals surface area contributed by atoms with Crippen LogP contribution in [-0.2, 0) is 9.47 Å². The lowest BCUT2D eigenvalue weighted by atomic mass is 9.76. The van der Waals surface area contributed by atoms with Crippen molar-refractivity contribution in [1.82, 2.24) is 5.32 Å². The molecule has 0 amide bonds. The van der Waals surface area contributed by atoms with Crippen LogP contribution in [-0.4, -0.2) is 39.5 Å². The van der Waals surface area contributed by atoms with Crippen molar-refractivity contribution >= 4 is 0 Å². The van der Waals surface area contributed by atoms with E-state index in [1.165, 1.54) is 12.8 Å². The lowest BCUT2D eigenvalue weighted by Crippen LogP contribution is -2.38. The van der Waals surface area contributed by atoms with Crippen molar-refractivity contribution in [3.63, 3.8) is 0 Å². The molecule has 17 heavy (non-hydrogen) atoms. The van der Waals surface area contributed by atoms with Crippen LogP contribution in [0.5, 0.6) is 0 Å². The van der Waals surface area contributed by atoms with Gasteiger partial charge in [-0.3, -0.25) is 0 Å². The highest BCUT2D eigenvalue weighted by Crippen LogP contribution is 2.31. The predicted octanol–water partition coefficient (Wildman–Crippen LogP) is 2.45. The Morgan fingerprint density at radius 2 is 1.94 bits per heavy atom. The minimum atomic E-state index is 0.343. The molecule has 102 valence electrons. The number of methoxy groups -OCH3 is 1. The van der Waals surface area contributed by atoms with Crippen LogP contribution in [0.1, 0.15) is 40.0 Å². The molecular weight excluding hydrogens is 214 g/mol. The Labute approximate surface area is 106 Å². The number of ether oxygens (including phenoxy) is 2. The third kappa shape index (κ3) is 5.84. The van der Waals surface area contributed by atoms with Crippen molar-refractivity contribution in [3.05, 3.63) is 0 Å². The van der Waals surface area contributed by atoms with Crippen LogP contribution in [0.15, 0.2) is 0 Å². The maximum absolute atomic E-state index is 5.59. The van der Waals surface area contributed by atoms with Gasteiger partial charge in [-0.25, -0.2) is 0 Å². The Balaban J connectivity index is 2.19. The van der Waals surface area contributed by atoms with Gasteiger partial charge in [0, 0.05) is 26.3 Å². The van der Waals surface area contributed by atoms with Gasteiger partial charge in [0.15, 0.2) is 0 Å². The van der Waals surface area contributed by atoms with E-state index in [0.29, 0.717) is 24.5 Å². The zero-order chi connectivity index (χ0) is 12.7. The quantitative estimate of drug-likeness (QED) is 0.598. The van der Waals surface area contributed by atoms with E-state index in [9.17, 15) is 0 Å². The summed E-state index contributed by atoms with van der Waals surface area (Å²) in [5, 5.41) is 3.65. The maximum atomic E-state index is 5.59. The van der Waals surface area contributed by atoms with Gasteiger partial charge in [0.05, 0.1) is 13.2 Å². The van der Waals surface area contributed by atoms with Gasteiger partial charge in [-0.05, 0) is 30.6 Å². The molecule has 1 saturated carbocycles. The van der Waals surface area contributed by atoms with Crippen molar-refractivity contribution < 1.29 is 9.47 Å². The molecule has 3 nitrogen and oxygen atoms in total. The van der Waals surface area contributed by atoms with E-state index in [1.54, 1.807) is 7.11 Å². The van der Waals surface area contributed by atoms with E-state index < -0.39 is 0 Å². The molecule has 0 aromatic heterocycles. The third-order valence-corrected chi connectivity index (χ3v) is 4.02. The van der Waals surface area contributed by atoms with Crippen LogP contribution in [0.2, 0.25) is 0 Å². The lowest BCUT2D eigenvalue weighted by molar-refractivity contribution is 0.0442. The van der Waals surface area contributed by atoms with E-state index in [-0.39, 0.29) is 0 Å². The van der Waals surface area contributed by atoms with Crippen LogP contribution in [0.25, 0.3) is 0 Å². The second kappa shape index (κ2) is 7.34. The van der Waals surface area contributed by atoms with Crippen LogP contribution in [0.3, 0.4) is 0 Å². The highest BCUT2D eigenvalue weighted by molar-refractivity contribution is 4.87. The molecule has 0 spiro atoms. The van der Waals surface area contributed by atoms with Crippen LogP contribution >= 0.6 is 0 Å². The molecule has 1 atom stereocenters. The topological polar surface area (TPSA) is 30.5 Å². The fourth-order valence-electron chi connectivity index (χ4n) is 1.80. The van der Waals surface area contributed by atoms with Gasteiger partial charge in [0.1, 0.15) is 0 Å². The standard InChI is InChI=1S/C14H29NO2/c1-12(2)14(3,11-15-13-5-6-13)7-8-17-10-9-16-4/h12-13,15H,5-11H2,1-4H3. The summed E-state index contributed by atoms with van der Waals surface area (Å²) in [6, 6.07) is 0.794. The van der Waals surface area contributed by atoms with E-state index in [1.807, 2.05) is 0 Å². The van der Waals surface area contributed by atoms with Gasteiger partial charge >= 0.3 is 0 Å². The molecule has 0 radical (unpaired) electrons. The largest absolute Gasteiger partial charge is 0.382 e. The van der Waals surface area contributed by atoms with Crippen molar-refractivity contribution in [2.45, 2.75) is 46.1 Å². The molecule has 1 rings (SSSR count). The average Bonchev–Trinajstić information content (AvgIpc) is 3.10. The highest BCUT2D eigenvalue weighted by Gasteiger charge is 2.30. The fourth-order valence-corrected chi connectivity index (χ4v) is 1.80. The van der Waals surface area contributed by atoms with Gasteiger partial charge in [-0.15, -0.1) is 0 Å². The lowest BCUT2D eigenvalue weighted by Gasteiger charge is -2.34. The summed E-state index contributed by atoms with van der Waals surface area (Å²) in [4.78, 5) is 0. The molecular formula is C14H29NO2. The third-order valence-electron chi connectivity index (χ3n) is 4.02. The molecule has 0 saturated heterocycles. The molecule has 1 aliphatic carbocycles. The minimum absolute atomic E-state index is 0.343. The van der Waals surface area contributed by atoms with E-state index in [4.69, 9.17) is 9.47 Å². The second-order valence-electron chi connectivity index (χ2n) is 5.82. The molecule has 0 bridgehead atoms. The Morgan fingerprint density at radius 1 is 1.24 bits per heavy atom. The van der Waals surface area contributed by atoms with Gasteiger partial charge < -0.3 is 14.8 Å². The van der Waals surface area contributed by atoms with Gasteiger partial charge in [0.25, 0.3) is 0 Å². The predicted molar refractivity (Wildman–Crippen MR) is 71.3 cm³/mol. The van der Waals surface area contributed by atoms with Crippen molar-refractivity contribution in [2.75, 3.05) is 33.5 Å². The highest BCUT2D eigenvalue weighted by atomic mass is 16.5. The molecule has 0 heterocycles. The monoisotopic (exact) mass is 243 g/mol. The van der Waals surface area contributed by atoms with Gasteiger partial charge in [-0.1, -0.05) is 20.8 Å². The van der Waals surface area contributed by atoms with Crippen LogP contribution in [0, 0.1) is 11.3 Å². The van der Waals surface area contributed by atoms with E-state index >= 15 is 0 Å². The van der Waals surface area contributed by atoms with E-state index in [2.05, 4.69) is 26.1 Å². The Bertz CT molecular complexity index is 204. The number of hydrogen-bond donors (Lipinski definition) is 1. The number of nitrogens with one attached hydrogen (secondary N) is 1. The van der Waals surface area contributed by atoms with Crippen LogP contribution in [0.4, 0.5) is 0 Å². The Kier molecular flexibility index (Phi) is 6.45. The maximum Gasteiger partial charge on any atom is 0.0700 e. The fraction of sp³-hybridized carbons (Fsp3) is 1.00. The number of hydrogen-bond acceptors (Lipinski definition) is 3. The number of rotatable bonds is 10. The molecule has 1 fully saturated rings. The Hall–Kier alpha value is -0.120. The first-order valence-electron chi connectivity index (χ1n) is 6.88. The SMILES string of the molecule is COCCOCCC(C)(CNC1CC1)C(C)C. The van der Waals surface area contributed by atoms with Crippen LogP contribution < -0.4 is 5.32 Å². The first-order chi connectivity index (χ1) is 8.08. The summed E-state index contributed by atoms with van der Waals surface area (Å²) in [6.45, 7) is 10.3. The molecule has 1 unspecified atom stereocenters. The normalized spacial score (nSPS) is 19.6.